The SMILES string of the molecule is COc1ccc([C@H](C(=O)NC2CCCCC2)N(Cc2ccccc2)C(=O)Cc2cccs2)cc1. The molecule has 6 heteroatoms. The number of ether oxygens (including phenoxy) is 1. The molecule has 4 rings (SSSR count). The first-order chi connectivity index (χ1) is 16.6. The number of amides is 2. The first-order valence-corrected chi connectivity index (χ1v) is 12.8. The second kappa shape index (κ2) is 11.8. The average molecular weight is 477 g/mol. The first-order valence-electron chi connectivity index (χ1n) is 11.9. The summed E-state index contributed by atoms with van der Waals surface area (Å²) in [4.78, 5) is 30.2. The van der Waals surface area contributed by atoms with E-state index in [0.29, 0.717) is 6.54 Å². The lowest BCUT2D eigenvalue weighted by Crippen LogP contribution is -2.47. The van der Waals surface area contributed by atoms with Gasteiger partial charge in [-0.15, -0.1) is 11.3 Å². The highest BCUT2D eigenvalue weighted by Crippen LogP contribution is 2.28. The first kappa shape index (κ1) is 24.0. The van der Waals surface area contributed by atoms with Gasteiger partial charge < -0.3 is 15.0 Å². The number of carbonyl (C=O) groups excluding carboxylic acids is 2. The van der Waals surface area contributed by atoms with E-state index >= 15 is 0 Å². The van der Waals surface area contributed by atoms with Gasteiger partial charge in [-0.25, -0.2) is 0 Å². The standard InChI is InChI=1S/C28H32N2O3S/c1-33-24-16-14-22(15-17-24)27(28(32)29-23-11-6-3-7-12-23)30(20-21-9-4-2-5-10-21)26(31)19-25-13-8-18-34-25/h2,4-5,8-10,13-18,23,27H,3,6-7,11-12,19-20H2,1H3,(H,29,32)/t27-/m1/s1. The van der Waals surface area contributed by atoms with E-state index in [-0.39, 0.29) is 24.3 Å². The zero-order valence-corrected chi connectivity index (χ0v) is 20.4. The Morgan fingerprint density at radius 2 is 1.74 bits per heavy atom. The fourth-order valence-electron chi connectivity index (χ4n) is 4.55. The summed E-state index contributed by atoms with van der Waals surface area (Å²) in [5.41, 5.74) is 1.77. The van der Waals surface area contributed by atoms with Crippen molar-refractivity contribution in [2.24, 2.45) is 0 Å². The van der Waals surface area contributed by atoms with Gasteiger partial charge in [-0.05, 0) is 47.5 Å². The number of hydrogen-bond acceptors (Lipinski definition) is 4. The minimum absolute atomic E-state index is 0.0640. The van der Waals surface area contributed by atoms with E-state index in [1.54, 1.807) is 23.3 Å². The van der Waals surface area contributed by atoms with Gasteiger partial charge in [0.05, 0.1) is 13.5 Å². The number of nitrogens with zero attached hydrogens (tertiary/aromatic N) is 1. The smallest absolute Gasteiger partial charge is 0.247 e. The minimum Gasteiger partial charge on any atom is -0.497 e. The Morgan fingerprint density at radius 3 is 2.38 bits per heavy atom. The molecule has 1 atom stereocenters. The Labute approximate surface area is 205 Å². The number of nitrogens with one attached hydrogen (secondary N) is 1. The molecule has 2 aromatic carbocycles. The molecule has 1 fully saturated rings. The largest absolute Gasteiger partial charge is 0.497 e. The highest BCUT2D eigenvalue weighted by molar-refractivity contribution is 7.10. The van der Waals surface area contributed by atoms with E-state index in [0.717, 1.165) is 47.4 Å². The topological polar surface area (TPSA) is 58.6 Å². The third-order valence-electron chi connectivity index (χ3n) is 6.36. The molecule has 178 valence electrons. The molecule has 0 unspecified atom stereocenters. The fourth-order valence-corrected chi connectivity index (χ4v) is 5.25. The molecule has 1 heterocycles. The molecule has 0 radical (unpaired) electrons. The third-order valence-corrected chi connectivity index (χ3v) is 7.24. The molecule has 3 aromatic rings. The summed E-state index contributed by atoms with van der Waals surface area (Å²) < 4.78 is 5.32. The summed E-state index contributed by atoms with van der Waals surface area (Å²) in [5.74, 6) is 0.535. The Balaban J connectivity index is 1.68. The number of thiophene rings is 1. The van der Waals surface area contributed by atoms with E-state index in [1.807, 2.05) is 72.1 Å². The molecule has 1 saturated carbocycles. The minimum atomic E-state index is -0.722. The van der Waals surface area contributed by atoms with Gasteiger partial charge in [-0.2, -0.15) is 0 Å². The van der Waals surface area contributed by atoms with Crippen LogP contribution in [0.1, 0.15) is 54.1 Å². The zero-order chi connectivity index (χ0) is 23.8. The van der Waals surface area contributed by atoms with Crippen LogP contribution in [0.15, 0.2) is 72.1 Å². The molecule has 1 aromatic heterocycles. The van der Waals surface area contributed by atoms with Gasteiger partial charge in [0, 0.05) is 17.5 Å². The number of hydrogen-bond donors (Lipinski definition) is 1. The monoisotopic (exact) mass is 476 g/mol. The number of methoxy groups -OCH3 is 1. The lowest BCUT2D eigenvalue weighted by atomic mass is 9.94. The lowest BCUT2D eigenvalue weighted by Gasteiger charge is -2.33. The Bertz CT molecular complexity index is 1050. The fraction of sp³-hybridized carbons (Fsp3) is 0.357. The number of rotatable bonds is 9. The second-order valence-corrected chi connectivity index (χ2v) is 9.81. The maximum Gasteiger partial charge on any atom is 0.247 e. The molecular formula is C28H32N2O3S. The summed E-state index contributed by atoms with van der Waals surface area (Å²) >= 11 is 1.56. The molecular weight excluding hydrogens is 444 g/mol. The number of benzene rings is 2. The Kier molecular flexibility index (Phi) is 8.36. The highest BCUT2D eigenvalue weighted by Gasteiger charge is 2.33. The van der Waals surface area contributed by atoms with E-state index < -0.39 is 6.04 Å². The van der Waals surface area contributed by atoms with Gasteiger partial charge in [-0.3, -0.25) is 9.59 Å². The van der Waals surface area contributed by atoms with Crippen LogP contribution >= 0.6 is 11.3 Å². The molecule has 1 aliphatic rings. The molecule has 5 nitrogen and oxygen atoms in total. The van der Waals surface area contributed by atoms with Crippen molar-refractivity contribution in [2.75, 3.05) is 7.11 Å². The molecule has 0 bridgehead atoms. The van der Waals surface area contributed by atoms with Gasteiger partial charge in [0.2, 0.25) is 11.8 Å². The predicted octanol–water partition coefficient (Wildman–Crippen LogP) is 5.52. The van der Waals surface area contributed by atoms with Crippen LogP contribution in [0, 0.1) is 0 Å². The molecule has 0 aliphatic heterocycles. The van der Waals surface area contributed by atoms with Gasteiger partial charge in [-0.1, -0.05) is 67.8 Å². The van der Waals surface area contributed by atoms with Crippen molar-refractivity contribution in [3.63, 3.8) is 0 Å². The van der Waals surface area contributed by atoms with E-state index in [4.69, 9.17) is 4.74 Å². The van der Waals surface area contributed by atoms with Crippen molar-refractivity contribution in [3.8, 4) is 5.75 Å². The zero-order valence-electron chi connectivity index (χ0n) is 19.6. The Hall–Kier alpha value is -3.12. The summed E-state index contributed by atoms with van der Waals surface area (Å²) in [6, 6.07) is 20.7. The van der Waals surface area contributed by atoms with Crippen molar-refractivity contribution in [1.29, 1.82) is 0 Å². The van der Waals surface area contributed by atoms with Gasteiger partial charge in [0.1, 0.15) is 11.8 Å². The molecule has 1 N–H and O–H groups in total. The summed E-state index contributed by atoms with van der Waals surface area (Å²) in [6.07, 6.45) is 5.72. The van der Waals surface area contributed by atoms with Crippen molar-refractivity contribution >= 4 is 23.2 Å². The van der Waals surface area contributed by atoms with Crippen LogP contribution in [-0.2, 0) is 22.6 Å². The van der Waals surface area contributed by atoms with Gasteiger partial charge in [0.15, 0.2) is 0 Å². The van der Waals surface area contributed by atoms with Crippen LogP contribution in [0.25, 0.3) is 0 Å². The van der Waals surface area contributed by atoms with Crippen LogP contribution in [0.4, 0.5) is 0 Å². The number of carbonyl (C=O) groups is 2. The van der Waals surface area contributed by atoms with Crippen molar-refractivity contribution in [2.45, 2.75) is 57.2 Å². The van der Waals surface area contributed by atoms with Gasteiger partial charge in [0.25, 0.3) is 0 Å². The van der Waals surface area contributed by atoms with E-state index in [9.17, 15) is 9.59 Å². The quantitative estimate of drug-likeness (QED) is 0.443. The summed E-state index contributed by atoms with van der Waals surface area (Å²) in [6.45, 7) is 0.361. The maximum absolute atomic E-state index is 13.8. The third kappa shape index (κ3) is 6.26. The van der Waals surface area contributed by atoms with E-state index in [1.165, 1.54) is 6.42 Å². The predicted molar refractivity (Wildman–Crippen MR) is 136 cm³/mol. The highest BCUT2D eigenvalue weighted by atomic mass is 32.1. The summed E-state index contributed by atoms with van der Waals surface area (Å²) in [7, 11) is 1.62. The van der Waals surface area contributed by atoms with Crippen molar-refractivity contribution in [1.82, 2.24) is 10.2 Å². The molecule has 0 saturated heterocycles. The average Bonchev–Trinajstić information content (AvgIpc) is 3.38. The lowest BCUT2D eigenvalue weighted by molar-refractivity contribution is -0.141. The second-order valence-electron chi connectivity index (χ2n) is 8.78. The molecule has 1 aliphatic carbocycles. The molecule has 34 heavy (non-hydrogen) atoms. The van der Waals surface area contributed by atoms with Crippen LogP contribution < -0.4 is 10.1 Å². The van der Waals surface area contributed by atoms with Crippen LogP contribution in [0.3, 0.4) is 0 Å². The normalized spacial score (nSPS) is 14.9. The maximum atomic E-state index is 13.8. The van der Waals surface area contributed by atoms with Crippen molar-refractivity contribution in [3.05, 3.63) is 88.1 Å². The van der Waals surface area contributed by atoms with Gasteiger partial charge >= 0.3 is 0 Å². The van der Waals surface area contributed by atoms with Crippen LogP contribution in [0.5, 0.6) is 5.75 Å². The Morgan fingerprint density at radius 1 is 1.00 bits per heavy atom. The molecule has 0 spiro atoms. The van der Waals surface area contributed by atoms with Crippen molar-refractivity contribution < 1.29 is 14.3 Å². The summed E-state index contributed by atoms with van der Waals surface area (Å²) in [5, 5.41) is 5.24. The van der Waals surface area contributed by atoms with E-state index in [2.05, 4.69) is 5.32 Å². The molecule has 2 amide bonds. The van der Waals surface area contributed by atoms with Crippen LogP contribution in [0.2, 0.25) is 0 Å². The van der Waals surface area contributed by atoms with Crippen LogP contribution in [-0.4, -0.2) is 29.9 Å².